The van der Waals surface area contributed by atoms with E-state index in [0.717, 1.165) is 17.0 Å². The maximum absolute atomic E-state index is 13.6. The van der Waals surface area contributed by atoms with Gasteiger partial charge in [0.1, 0.15) is 11.4 Å². The monoisotopic (exact) mass is 257 g/mol. The summed E-state index contributed by atoms with van der Waals surface area (Å²) in [6, 6.07) is 1.93. The summed E-state index contributed by atoms with van der Waals surface area (Å²) >= 11 is 0. The van der Waals surface area contributed by atoms with Crippen molar-refractivity contribution < 1.29 is 18.4 Å². The summed E-state index contributed by atoms with van der Waals surface area (Å²) in [5.41, 5.74) is 4.17. The van der Waals surface area contributed by atoms with Crippen LogP contribution in [0.1, 0.15) is 10.4 Å². The van der Waals surface area contributed by atoms with E-state index in [1.54, 1.807) is 0 Å². The summed E-state index contributed by atoms with van der Waals surface area (Å²) in [6.45, 7) is -0.303. The number of benzene rings is 1. The van der Waals surface area contributed by atoms with Crippen molar-refractivity contribution in [2.24, 2.45) is 0 Å². The molecule has 7 heteroatoms. The molecule has 0 aliphatic heterocycles. The minimum atomic E-state index is -1.12. The number of hydrogen-bond donors (Lipinski definition) is 2. The largest absolute Gasteiger partial charge is 0.396 e. The number of likely N-dealkylation sites (N-methyl/N-ethyl adjacent to an activating group) is 2. The molecule has 5 nitrogen and oxygen atoms in total. The van der Waals surface area contributed by atoms with Gasteiger partial charge >= 0.3 is 0 Å². The molecule has 98 valence electrons. The fourth-order valence-corrected chi connectivity index (χ4v) is 1.32. The third-order valence-corrected chi connectivity index (χ3v) is 2.34. The van der Waals surface area contributed by atoms with Crippen molar-refractivity contribution >= 4 is 17.5 Å². The Morgan fingerprint density at radius 1 is 1.39 bits per heavy atom. The fourth-order valence-electron chi connectivity index (χ4n) is 1.32. The quantitative estimate of drug-likeness (QED) is 0.768. The molecule has 0 fully saturated rings. The van der Waals surface area contributed by atoms with Crippen LogP contribution in [0.4, 0.5) is 14.5 Å². The topological polar surface area (TPSA) is 75.4 Å². The Bertz CT molecular complexity index is 491. The van der Waals surface area contributed by atoms with Crippen LogP contribution in [0.3, 0.4) is 0 Å². The molecule has 0 saturated carbocycles. The molecule has 0 aliphatic rings. The highest BCUT2D eigenvalue weighted by atomic mass is 19.1. The van der Waals surface area contributed by atoms with Crippen molar-refractivity contribution in [3.63, 3.8) is 0 Å². The molecule has 0 unspecified atom stereocenters. The van der Waals surface area contributed by atoms with Crippen molar-refractivity contribution in [3.05, 3.63) is 29.3 Å². The van der Waals surface area contributed by atoms with Crippen LogP contribution in [0.5, 0.6) is 0 Å². The number of nitrogens with zero attached hydrogens (tertiary/aromatic N) is 1. The molecule has 0 heterocycles. The predicted molar refractivity (Wildman–Crippen MR) is 61.8 cm³/mol. The van der Waals surface area contributed by atoms with E-state index >= 15 is 0 Å². The van der Waals surface area contributed by atoms with Crippen LogP contribution in [0.2, 0.25) is 0 Å². The first-order valence-electron chi connectivity index (χ1n) is 5.08. The summed E-state index contributed by atoms with van der Waals surface area (Å²) in [7, 11) is 2.65. The van der Waals surface area contributed by atoms with E-state index in [1.165, 1.54) is 14.1 Å². The molecule has 0 bridgehead atoms. The summed E-state index contributed by atoms with van der Waals surface area (Å²) < 4.78 is 27.0. The van der Waals surface area contributed by atoms with Crippen LogP contribution >= 0.6 is 0 Å². The lowest BCUT2D eigenvalue weighted by Gasteiger charge is -2.17. The second-order valence-electron chi connectivity index (χ2n) is 3.66. The smallest absolute Gasteiger partial charge is 0.260 e. The highest BCUT2D eigenvalue weighted by molar-refractivity contribution is 5.97. The Balaban J connectivity index is 3.04. The number of nitrogen functional groups attached to an aromatic ring is 1. The Labute approximate surface area is 103 Å². The lowest BCUT2D eigenvalue weighted by Crippen LogP contribution is -2.37. The number of hydrogen-bond acceptors (Lipinski definition) is 3. The first kappa shape index (κ1) is 13.9. The normalized spacial score (nSPS) is 10.0. The molecule has 18 heavy (non-hydrogen) atoms. The number of rotatable bonds is 3. The lowest BCUT2D eigenvalue weighted by molar-refractivity contribution is -0.121. The molecule has 2 amide bonds. The first-order chi connectivity index (χ1) is 8.38. The zero-order valence-electron chi connectivity index (χ0n) is 9.96. The van der Waals surface area contributed by atoms with Crippen LogP contribution in [-0.2, 0) is 4.79 Å². The Morgan fingerprint density at radius 3 is 2.56 bits per heavy atom. The van der Waals surface area contributed by atoms with E-state index in [4.69, 9.17) is 5.73 Å². The van der Waals surface area contributed by atoms with Crippen molar-refractivity contribution in [1.29, 1.82) is 0 Å². The summed E-state index contributed by atoms with van der Waals surface area (Å²) in [5, 5.41) is 2.30. The van der Waals surface area contributed by atoms with Gasteiger partial charge in [0.25, 0.3) is 5.91 Å². The number of carbonyl (C=O) groups is 2. The van der Waals surface area contributed by atoms with Gasteiger partial charge in [-0.05, 0) is 12.1 Å². The van der Waals surface area contributed by atoms with Crippen molar-refractivity contribution in [3.8, 4) is 0 Å². The Kier molecular flexibility index (Phi) is 4.19. The summed E-state index contributed by atoms with van der Waals surface area (Å²) in [6.07, 6.45) is 0. The zero-order chi connectivity index (χ0) is 13.9. The molecule has 0 aliphatic carbocycles. The number of carbonyl (C=O) groups excluding carboxylic acids is 2. The Morgan fingerprint density at radius 2 is 2.00 bits per heavy atom. The van der Waals surface area contributed by atoms with Gasteiger partial charge in [-0.2, -0.15) is 0 Å². The number of amides is 2. The molecule has 0 atom stereocenters. The molecule has 3 N–H and O–H groups in total. The van der Waals surface area contributed by atoms with Gasteiger partial charge in [0, 0.05) is 14.1 Å². The van der Waals surface area contributed by atoms with E-state index in [2.05, 4.69) is 5.32 Å². The molecule has 0 saturated heterocycles. The van der Waals surface area contributed by atoms with E-state index in [9.17, 15) is 18.4 Å². The van der Waals surface area contributed by atoms with E-state index in [-0.39, 0.29) is 12.2 Å². The second-order valence-corrected chi connectivity index (χ2v) is 3.66. The highest BCUT2D eigenvalue weighted by Crippen LogP contribution is 2.19. The third kappa shape index (κ3) is 2.73. The predicted octanol–water partition coefficient (Wildman–Crippen LogP) is 0.365. The average molecular weight is 257 g/mol. The van der Waals surface area contributed by atoms with E-state index in [0.29, 0.717) is 0 Å². The van der Waals surface area contributed by atoms with Gasteiger partial charge in [0.2, 0.25) is 5.91 Å². The molecule has 0 radical (unpaired) electrons. The number of nitrogens with two attached hydrogens (primary N) is 1. The Hall–Kier alpha value is -2.18. The molecular weight excluding hydrogens is 244 g/mol. The van der Waals surface area contributed by atoms with Crippen LogP contribution in [0, 0.1) is 11.6 Å². The molecule has 1 rings (SSSR count). The van der Waals surface area contributed by atoms with Gasteiger partial charge in [-0.15, -0.1) is 0 Å². The lowest BCUT2D eigenvalue weighted by atomic mass is 10.1. The fraction of sp³-hybridized carbons (Fsp3) is 0.273. The van der Waals surface area contributed by atoms with Gasteiger partial charge < -0.3 is 16.0 Å². The first-order valence-corrected chi connectivity index (χ1v) is 5.08. The zero-order valence-corrected chi connectivity index (χ0v) is 9.96. The van der Waals surface area contributed by atoms with Gasteiger partial charge in [-0.1, -0.05) is 0 Å². The van der Waals surface area contributed by atoms with Crippen LogP contribution in [0.15, 0.2) is 12.1 Å². The van der Waals surface area contributed by atoms with Crippen LogP contribution < -0.4 is 11.1 Å². The number of nitrogens with one attached hydrogen (secondary N) is 1. The minimum absolute atomic E-state index is 0.303. The molecule has 1 aromatic carbocycles. The second kappa shape index (κ2) is 5.44. The highest BCUT2D eigenvalue weighted by Gasteiger charge is 2.23. The van der Waals surface area contributed by atoms with Gasteiger partial charge in [0.15, 0.2) is 5.82 Å². The molecule has 1 aromatic rings. The molecule has 0 aromatic heterocycles. The number of halogens is 2. The standard InChI is InChI=1S/C11H13F2N3O2/c1-15-8(17)5-16(2)11(18)9-6(12)3-4-7(14)10(9)13/h3-4H,5,14H2,1-2H3,(H,15,17). The number of anilines is 1. The van der Waals surface area contributed by atoms with Crippen molar-refractivity contribution in [2.45, 2.75) is 0 Å². The average Bonchev–Trinajstić information content (AvgIpc) is 2.33. The minimum Gasteiger partial charge on any atom is -0.396 e. The van der Waals surface area contributed by atoms with Gasteiger partial charge in [0.05, 0.1) is 12.2 Å². The molecular formula is C11H13F2N3O2. The van der Waals surface area contributed by atoms with Crippen molar-refractivity contribution in [2.75, 3.05) is 26.4 Å². The SMILES string of the molecule is CNC(=O)CN(C)C(=O)c1c(F)ccc(N)c1F. The van der Waals surface area contributed by atoms with Gasteiger partial charge in [-0.25, -0.2) is 8.78 Å². The van der Waals surface area contributed by atoms with E-state index in [1.807, 2.05) is 0 Å². The molecule has 0 spiro atoms. The van der Waals surface area contributed by atoms with Gasteiger partial charge in [-0.3, -0.25) is 9.59 Å². The van der Waals surface area contributed by atoms with Crippen LogP contribution in [-0.4, -0.2) is 37.4 Å². The summed E-state index contributed by atoms with van der Waals surface area (Å²) in [4.78, 5) is 23.8. The van der Waals surface area contributed by atoms with E-state index < -0.39 is 29.0 Å². The van der Waals surface area contributed by atoms with Crippen LogP contribution in [0.25, 0.3) is 0 Å². The third-order valence-electron chi connectivity index (χ3n) is 2.34. The maximum atomic E-state index is 13.6. The maximum Gasteiger partial charge on any atom is 0.260 e. The summed E-state index contributed by atoms with van der Waals surface area (Å²) in [5.74, 6) is -3.53. The van der Waals surface area contributed by atoms with Crippen molar-refractivity contribution in [1.82, 2.24) is 10.2 Å².